The van der Waals surface area contributed by atoms with E-state index in [0.29, 0.717) is 17.8 Å². The van der Waals surface area contributed by atoms with Gasteiger partial charge in [0, 0.05) is 36.2 Å². The summed E-state index contributed by atoms with van der Waals surface area (Å²) in [5, 5.41) is 0. The predicted octanol–water partition coefficient (Wildman–Crippen LogP) is 1.06. The van der Waals surface area contributed by atoms with E-state index in [0.717, 1.165) is 14.6 Å². The zero-order valence-corrected chi connectivity index (χ0v) is 13.8. The van der Waals surface area contributed by atoms with Crippen LogP contribution in [-0.4, -0.2) is 27.1 Å². The first-order chi connectivity index (χ1) is 8.45. The third-order valence-electron chi connectivity index (χ3n) is 2.97. The molecule has 2 N–H and O–H groups in total. The molecule has 0 aromatic heterocycles. The molecule has 0 aliphatic heterocycles. The van der Waals surface area contributed by atoms with Gasteiger partial charge in [0.05, 0.1) is 4.99 Å². The predicted molar refractivity (Wildman–Crippen MR) is 89.1 cm³/mol. The number of benzene rings is 1. The molecule has 0 aliphatic carbocycles. The fraction of sp³-hybridized carbons (Fsp3) is 0.417. The van der Waals surface area contributed by atoms with Gasteiger partial charge in [0.15, 0.2) is 5.79 Å². The van der Waals surface area contributed by atoms with Crippen molar-refractivity contribution in [1.82, 2.24) is 0 Å². The third kappa shape index (κ3) is 3.66. The van der Waals surface area contributed by atoms with E-state index in [9.17, 15) is 0 Å². The van der Waals surface area contributed by atoms with Crippen LogP contribution in [0, 0.1) is 3.57 Å². The maximum absolute atomic E-state index is 5.62. The summed E-state index contributed by atoms with van der Waals surface area (Å²) in [6.45, 7) is 0. The number of halogens is 1. The van der Waals surface area contributed by atoms with Crippen LogP contribution in [0.4, 0.5) is 0 Å². The van der Waals surface area contributed by atoms with Crippen LogP contribution in [0.3, 0.4) is 0 Å². The number of thiocarbonyl (C=S) groups is 1. The van der Waals surface area contributed by atoms with E-state index in [1.807, 2.05) is 7.85 Å². The van der Waals surface area contributed by atoms with E-state index in [1.54, 1.807) is 14.2 Å². The van der Waals surface area contributed by atoms with Crippen LogP contribution in [0.2, 0.25) is 0 Å². The number of methoxy groups -OCH3 is 2. The molecule has 0 saturated carbocycles. The van der Waals surface area contributed by atoms with E-state index in [4.69, 9.17) is 27.4 Å². The lowest BCUT2D eigenvalue weighted by Gasteiger charge is -2.33. The molecular formula is C12H17BINO2S. The van der Waals surface area contributed by atoms with E-state index >= 15 is 0 Å². The second-order valence-corrected chi connectivity index (χ2v) is 5.86. The Hall–Kier alpha value is -0.175. The lowest BCUT2D eigenvalue weighted by molar-refractivity contribution is -0.218. The minimum atomic E-state index is -0.783. The topological polar surface area (TPSA) is 44.5 Å². The standard InChI is InChI=1S/C12H17BINO2S/c1-16-12(17-2,6-5-11(15)18)9-7-8(14)3-4-10(9)13/h3-4,7H,5-6,13H2,1-2H3,(H2,15,18). The largest absolute Gasteiger partial charge is 0.393 e. The van der Waals surface area contributed by atoms with Crippen LogP contribution in [0.5, 0.6) is 0 Å². The van der Waals surface area contributed by atoms with Crippen molar-refractivity contribution in [2.75, 3.05) is 14.2 Å². The first-order valence-electron chi connectivity index (χ1n) is 5.60. The zero-order valence-electron chi connectivity index (χ0n) is 10.8. The Bertz CT molecular complexity index is 438. The van der Waals surface area contributed by atoms with Crippen molar-refractivity contribution in [1.29, 1.82) is 0 Å². The molecule has 0 saturated heterocycles. The normalized spacial score (nSPS) is 11.5. The van der Waals surface area contributed by atoms with Crippen molar-refractivity contribution in [3.63, 3.8) is 0 Å². The van der Waals surface area contributed by atoms with Crippen LogP contribution in [0.1, 0.15) is 18.4 Å². The number of nitrogens with two attached hydrogens (primary N) is 1. The number of hydrogen-bond donors (Lipinski definition) is 1. The minimum absolute atomic E-state index is 0.469. The van der Waals surface area contributed by atoms with Gasteiger partial charge in [0.25, 0.3) is 0 Å². The molecule has 3 nitrogen and oxygen atoms in total. The second kappa shape index (κ2) is 6.84. The summed E-state index contributed by atoms with van der Waals surface area (Å²) in [7, 11) is 5.32. The maximum Gasteiger partial charge on any atom is 0.194 e. The molecule has 1 rings (SSSR count). The molecule has 0 radical (unpaired) electrons. The summed E-state index contributed by atoms with van der Waals surface area (Å²) in [6, 6.07) is 6.19. The Balaban J connectivity index is 3.16. The fourth-order valence-corrected chi connectivity index (χ4v) is 2.53. The quantitative estimate of drug-likeness (QED) is 0.349. The van der Waals surface area contributed by atoms with Gasteiger partial charge in [-0.15, -0.1) is 0 Å². The average Bonchev–Trinajstić information content (AvgIpc) is 2.35. The molecule has 0 fully saturated rings. The highest BCUT2D eigenvalue weighted by atomic mass is 127. The van der Waals surface area contributed by atoms with Crippen molar-refractivity contribution in [3.8, 4) is 0 Å². The van der Waals surface area contributed by atoms with Gasteiger partial charge in [-0.05, 0) is 34.7 Å². The lowest BCUT2D eigenvalue weighted by Crippen LogP contribution is -2.37. The monoisotopic (exact) mass is 377 g/mol. The lowest BCUT2D eigenvalue weighted by atomic mass is 9.85. The molecule has 18 heavy (non-hydrogen) atoms. The van der Waals surface area contributed by atoms with E-state index < -0.39 is 5.79 Å². The number of hydrogen-bond acceptors (Lipinski definition) is 3. The Morgan fingerprint density at radius 1 is 1.44 bits per heavy atom. The van der Waals surface area contributed by atoms with E-state index in [2.05, 4.69) is 40.8 Å². The van der Waals surface area contributed by atoms with Gasteiger partial charge in [-0.1, -0.05) is 23.7 Å². The summed E-state index contributed by atoms with van der Waals surface area (Å²) in [4.78, 5) is 0.469. The van der Waals surface area contributed by atoms with Gasteiger partial charge in [-0.3, -0.25) is 0 Å². The van der Waals surface area contributed by atoms with E-state index in [-0.39, 0.29) is 0 Å². The molecule has 0 heterocycles. The van der Waals surface area contributed by atoms with Crippen LogP contribution in [-0.2, 0) is 15.3 Å². The summed E-state index contributed by atoms with van der Waals surface area (Å²) in [5.74, 6) is -0.783. The van der Waals surface area contributed by atoms with Crippen LogP contribution < -0.4 is 11.2 Å². The maximum atomic E-state index is 5.62. The van der Waals surface area contributed by atoms with Gasteiger partial charge in [-0.2, -0.15) is 0 Å². The van der Waals surface area contributed by atoms with Crippen molar-refractivity contribution in [2.24, 2.45) is 5.73 Å². The number of ether oxygens (including phenoxy) is 2. The highest BCUT2D eigenvalue weighted by molar-refractivity contribution is 14.1. The Morgan fingerprint density at radius 2 is 2.06 bits per heavy atom. The Labute approximate surface area is 128 Å². The van der Waals surface area contributed by atoms with Gasteiger partial charge in [0.1, 0.15) is 7.85 Å². The fourth-order valence-electron chi connectivity index (χ4n) is 1.93. The molecule has 0 bridgehead atoms. The van der Waals surface area contributed by atoms with Gasteiger partial charge in [0.2, 0.25) is 0 Å². The smallest absolute Gasteiger partial charge is 0.194 e. The summed E-state index contributed by atoms with van der Waals surface area (Å²) >= 11 is 7.21. The molecule has 0 unspecified atom stereocenters. The second-order valence-electron chi connectivity index (χ2n) is 4.09. The molecule has 0 spiro atoms. The van der Waals surface area contributed by atoms with Crippen molar-refractivity contribution >= 4 is 53.1 Å². The van der Waals surface area contributed by atoms with Gasteiger partial charge in [-0.25, -0.2) is 0 Å². The van der Waals surface area contributed by atoms with E-state index in [1.165, 1.54) is 0 Å². The molecule has 0 amide bonds. The first-order valence-corrected chi connectivity index (χ1v) is 7.09. The molecule has 98 valence electrons. The highest BCUT2D eigenvalue weighted by Crippen LogP contribution is 2.30. The summed E-state index contributed by atoms with van der Waals surface area (Å²) in [5.41, 5.74) is 7.72. The average molecular weight is 377 g/mol. The van der Waals surface area contributed by atoms with Crippen LogP contribution >= 0.6 is 34.8 Å². The highest BCUT2D eigenvalue weighted by Gasteiger charge is 2.33. The van der Waals surface area contributed by atoms with Crippen molar-refractivity contribution < 1.29 is 9.47 Å². The van der Waals surface area contributed by atoms with Gasteiger partial charge >= 0.3 is 0 Å². The van der Waals surface area contributed by atoms with Crippen molar-refractivity contribution in [3.05, 3.63) is 27.3 Å². The number of rotatable bonds is 6. The molecule has 1 aromatic carbocycles. The molecule has 6 heteroatoms. The van der Waals surface area contributed by atoms with Crippen LogP contribution in [0.15, 0.2) is 18.2 Å². The van der Waals surface area contributed by atoms with Crippen molar-refractivity contribution in [2.45, 2.75) is 18.6 Å². The Morgan fingerprint density at radius 3 is 2.56 bits per heavy atom. The zero-order chi connectivity index (χ0) is 13.8. The molecular weight excluding hydrogens is 360 g/mol. The first kappa shape index (κ1) is 15.9. The van der Waals surface area contributed by atoms with Gasteiger partial charge < -0.3 is 15.2 Å². The summed E-state index contributed by atoms with van der Waals surface area (Å²) < 4.78 is 12.4. The van der Waals surface area contributed by atoms with Crippen LogP contribution in [0.25, 0.3) is 0 Å². The molecule has 0 aliphatic rings. The minimum Gasteiger partial charge on any atom is -0.393 e. The summed E-state index contributed by atoms with van der Waals surface area (Å²) in [6.07, 6.45) is 1.19. The third-order valence-corrected chi connectivity index (χ3v) is 3.85. The molecule has 0 atom stereocenters. The Kier molecular flexibility index (Phi) is 6.03. The molecule has 1 aromatic rings. The SMILES string of the molecule is Bc1ccc(I)cc1C(CCC(N)=S)(OC)OC.